The van der Waals surface area contributed by atoms with E-state index in [0.29, 0.717) is 0 Å². The molecule has 0 aliphatic carbocycles. The summed E-state index contributed by atoms with van der Waals surface area (Å²) in [5.74, 6) is 0.00463. The van der Waals surface area contributed by atoms with Crippen molar-refractivity contribution in [2.75, 3.05) is 7.05 Å². The molecule has 1 amide bonds. The molecule has 0 bridgehead atoms. The molecule has 0 aromatic carbocycles. The molecule has 5 nitrogen and oxygen atoms in total. The normalized spacial score (nSPS) is 6.67. The fraction of sp³-hybridized carbons (Fsp3) is 0.571. The third-order valence-corrected chi connectivity index (χ3v) is 0.683. The number of nitrogens with zero attached hydrogens (tertiary/aromatic N) is 2. The number of nitrogens with one attached hydrogen (secondary N) is 2. The molecule has 0 saturated carbocycles. The Balaban J connectivity index is 0. The molecule has 0 spiro atoms. The van der Waals surface area contributed by atoms with Crippen molar-refractivity contribution in [2.45, 2.75) is 20.8 Å². The number of aromatic nitrogens is 3. The SMILES string of the molecule is CC.CNC(C)=O.c1nc[nH]n1. The van der Waals surface area contributed by atoms with Crippen LogP contribution in [0.2, 0.25) is 0 Å². The van der Waals surface area contributed by atoms with Crippen LogP contribution in [0, 0.1) is 0 Å². The van der Waals surface area contributed by atoms with Gasteiger partial charge in [-0.1, -0.05) is 13.8 Å². The van der Waals surface area contributed by atoms with Gasteiger partial charge in [-0.3, -0.25) is 9.89 Å². The van der Waals surface area contributed by atoms with Crippen LogP contribution in [0.25, 0.3) is 0 Å². The number of hydrogen-bond donors (Lipinski definition) is 2. The van der Waals surface area contributed by atoms with Crippen LogP contribution in [0.15, 0.2) is 12.7 Å². The molecular weight excluding hydrogens is 156 g/mol. The Morgan fingerprint density at radius 3 is 2.08 bits per heavy atom. The standard InChI is InChI=1S/C3H7NO.C2H3N3.C2H6/c1-3(5)4-2;1-3-2-5-4-1;1-2/h1-2H3,(H,4,5);1-2H,(H,3,4,5);1-2H3. The predicted molar refractivity (Wildman–Crippen MR) is 47.5 cm³/mol. The highest BCUT2D eigenvalue weighted by Gasteiger charge is 1.72. The molecule has 0 radical (unpaired) electrons. The quantitative estimate of drug-likeness (QED) is 0.601. The Hall–Kier alpha value is -1.39. The summed E-state index contributed by atoms with van der Waals surface area (Å²) in [4.78, 5) is 13.3. The number of rotatable bonds is 0. The minimum absolute atomic E-state index is 0.00463. The van der Waals surface area contributed by atoms with Crippen molar-refractivity contribution >= 4 is 5.91 Å². The van der Waals surface area contributed by atoms with Gasteiger partial charge in [0.25, 0.3) is 0 Å². The molecule has 0 atom stereocenters. The van der Waals surface area contributed by atoms with Gasteiger partial charge in [-0.2, -0.15) is 5.10 Å². The lowest BCUT2D eigenvalue weighted by atomic mass is 10.7. The zero-order chi connectivity index (χ0) is 9.82. The summed E-state index contributed by atoms with van der Waals surface area (Å²) < 4.78 is 0. The van der Waals surface area contributed by atoms with E-state index >= 15 is 0 Å². The van der Waals surface area contributed by atoms with Gasteiger partial charge in [0, 0.05) is 14.0 Å². The molecular formula is C7H16N4O. The van der Waals surface area contributed by atoms with Gasteiger partial charge >= 0.3 is 0 Å². The average Bonchev–Trinajstić information content (AvgIpc) is 2.65. The first kappa shape index (κ1) is 13.2. The molecule has 1 rings (SSSR count). The Kier molecular flexibility index (Phi) is 13.5. The van der Waals surface area contributed by atoms with Crippen molar-refractivity contribution in [1.82, 2.24) is 20.5 Å². The Morgan fingerprint density at radius 2 is 2.00 bits per heavy atom. The van der Waals surface area contributed by atoms with E-state index in [0.717, 1.165) is 0 Å². The van der Waals surface area contributed by atoms with Crippen molar-refractivity contribution in [3.63, 3.8) is 0 Å². The van der Waals surface area contributed by atoms with Gasteiger partial charge in [0.2, 0.25) is 5.91 Å². The van der Waals surface area contributed by atoms with Crippen LogP contribution < -0.4 is 5.32 Å². The number of carbonyl (C=O) groups excluding carboxylic acids is 1. The molecule has 0 saturated heterocycles. The van der Waals surface area contributed by atoms with Crippen LogP contribution in [0.1, 0.15) is 20.8 Å². The molecule has 1 aromatic rings. The summed E-state index contributed by atoms with van der Waals surface area (Å²) in [5.41, 5.74) is 0. The first-order chi connectivity index (χ1) is 5.77. The number of amides is 1. The highest BCUT2D eigenvalue weighted by atomic mass is 16.1. The average molecular weight is 172 g/mol. The van der Waals surface area contributed by atoms with Crippen molar-refractivity contribution < 1.29 is 4.79 Å². The summed E-state index contributed by atoms with van der Waals surface area (Å²) >= 11 is 0. The molecule has 0 unspecified atom stereocenters. The fourth-order valence-corrected chi connectivity index (χ4v) is 0.167. The Bertz CT molecular complexity index is 145. The first-order valence-corrected chi connectivity index (χ1v) is 3.74. The van der Waals surface area contributed by atoms with Gasteiger partial charge in [0.1, 0.15) is 12.7 Å². The van der Waals surface area contributed by atoms with Crippen LogP contribution in [-0.2, 0) is 4.79 Å². The molecule has 2 N–H and O–H groups in total. The lowest BCUT2D eigenvalue weighted by Crippen LogP contribution is -2.11. The minimum Gasteiger partial charge on any atom is -0.359 e. The van der Waals surface area contributed by atoms with Crippen LogP contribution >= 0.6 is 0 Å². The van der Waals surface area contributed by atoms with Gasteiger partial charge in [-0.15, -0.1) is 0 Å². The molecule has 1 aromatic heterocycles. The van der Waals surface area contributed by atoms with E-state index in [1.807, 2.05) is 13.8 Å². The maximum atomic E-state index is 9.70. The second-order valence-electron chi connectivity index (χ2n) is 1.46. The van der Waals surface area contributed by atoms with Crippen LogP contribution in [-0.4, -0.2) is 28.1 Å². The third kappa shape index (κ3) is 15.8. The summed E-state index contributed by atoms with van der Waals surface area (Å²) in [7, 11) is 1.60. The van der Waals surface area contributed by atoms with E-state index in [9.17, 15) is 4.79 Å². The minimum atomic E-state index is 0.00463. The van der Waals surface area contributed by atoms with Crippen molar-refractivity contribution in [2.24, 2.45) is 0 Å². The molecule has 0 aliphatic heterocycles. The van der Waals surface area contributed by atoms with E-state index in [1.165, 1.54) is 19.6 Å². The number of H-pyrrole nitrogens is 1. The van der Waals surface area contributed by atoms with Crippen molar-refractivity contribution in [3.05, 3.63) is 12.7 Å². The number of hydrogen-bond acceptors (Lipinski definition) is 3. The molecule has 70 valence electrons. The zero-order valence-electron chi connectivity index (χ0n) is 7.96. The van der Waals surface area contributed by atoms with E-state index in [2.05, 4.69) is 20.5 Å². The van der Waals surface area contributed by atoms with Gasteiger partial charge in [0.05, 0.1) is 0 Å². The fourth-order valence-electron chi connectivity index (χ4n) is 0.167. The van der Waals surface area contributed by atoms with E-state index in [1.54, 1.807) is 7.05 Å². The summed E-state index contributed by atoms with van der Waals surface area (Å²) in [6.07, 6.45) is 2.96. The first-order valence-electron chi connectivity index (χ1n) is 3.74. The molecule has 0 aliphatic rings. The molecule has 12 heavy (non-hydrogen) atoms. The topological polar surface area (TPSA) is 70.7 Å². The second-order valence-corrected chi connectivity index (χ2v) is 1.46. The van der Waals surface area contributed by atoms with E-state index < -0.39 is 0 Å². The Morgan fingerprint density at radius 1 is 1.50 bits per heavy atom. The second kappa shape index (κ2) is 12.3. The van der Waals surface area contributed by atoms with Crippen molar-refractivity contribution in [1.29, 1.82) is 0 Å². The lowest BCUT2D eigenvalue weighted by Gasteiger charge is -1.80. The monoisotopic (exact) mass is 172 g/mol. The smallest absolute Gasteiger partial charge is 0.216 e. The van der Waals surface area contributed by atoms with Gasteiger partial charge in [0.15, 0.2) is 0 Å². The number of carbonyl (C=O) groups is 1. The Labute approximate surface area is 72.6 Å². The largest absolute Gasteiger partial charge is 0.359 e. The lowest BCUT2D eigenvalue weighted by molar-refractivity contribution is -0.118. The van der Waals surface area contributed by atoms with Crippen LogP contribution in [0.3, 0.4) is 0 Å². The third-order valence-electron chi connectivity index (χ3n) is 0.683. The van der Waals surface area contributed by atoms with Gasteiger partial charge < -0.3 is 5.32 Å². The van der Waals surface area contributed by atoms with Gasteiger partial charge in [-0.25, -0.2) is 4.98 Å². The van der Waals surface area contributed by atoms with Crippen LogP contribution in [0.4, 0.5) is 0 Å². The maximum Gasteiger partial charge on any atom is 0.216 e. The highest BCUT2D eigenvalue weighted by molar-refractivity contribution is 5.72. The molecule has 1 heterocycles. The summed E-state index contributed by atoms with van der Waals surface area (Å²) in [5, 5.41) is 8.38. The van der Waals surface area contributed by atoms with Crippen LogP contribution in [0.5, 0.6) is 0 Å². The van der Waals surface area contributed by atoms with E-state index in [4.69, 9.17) is 0 Å². The number of aromatic amines is 1. The molecule has 5 heteroatoms. The summed E-state index contributed by atoms with van der Waals surface area (Å²) in [6.45, 7) is 5.47. The maximum absolute atomic E-state index is 9.70. The van der Waals surface area contributed by atoms with Crippen molar-refractivity contribution in [3.8, 4) is 0 Å². The predicted octanol–water partition coefficient (Wildman–Crippen LogP) is 0.583. The highest BCUT2D eigenvalue weighted by Crippen LogP contribution is 1.53. The summed E-state index contributed by atoms with van der Waals surface area (Å²) in [6, 6.07) is 0. The van der Waals surface area contributed by atoms with Gasteiger partial charge in [-0.05, 0) is 0 Å². The molecule has 0 fully saturated rings. The zero-order valence-corrected chi connectivity index (χ0v) is 7.96. The van der Waals surface area contributed by atoms with E-state index in [-0.39, 0.29) is 5.91 Å².